The van der Waals surface area contributed by atoms with E-state index in [2.05, 4.69) is 16.4 Å². The summed E-state index contributed by atoms with van der Waals surface area (Å²) in [5, 5.41) is 2.87. The molecular formula is C15H20N2O2. The number of hydrogen-bond donors (Lipinski definition) is 1. The lowest BCUT2D eigenvalue weighted by Crippen LogP contribution is -2.34. The van der Waals surface area contributed by atoms with Gasteiger partial charge in [0.05, 0.1) is 0 Å². The van der Waals surface area contributed by atoms with Crippen molar-refractivity contribution in [2.24, 2.45) is 5.92 Å². The Hall–Kier alpha value is -1.84. The topological polar surface area (TPSA) is 51.2 Å². The molecule has 1 aromatic heterocycles. The number of aromatic nitrogens is 1. The van der Waals surface area contributed by atoms with Crippen molar-refractivity contribution in [1.82, 2.24) is 10.3 Å². The zero-order valence-corrected chi connectivity index (χ0v) is 11.6. The third kappa shape index (κ3) is 4.73. The van der Waals surface area contributed by atoms with Crippen LogP contribution in [0, 0.1) is 5.92 Å². The first-order valence-corrected chi connectivity index (χ1v) is 6.52. The quantitative estimate of drug-likeness (QED) is 0.909. The number of nitrogens with one attached hydrogen (secondary N) is 1. The van der Waals surface area contributed by atoms with Crippen molar-refractivity contribution in [3.63, 3.8) is 0 Å². The van der Waals surface area contributed by atoms with Crippen molar-refractivity contribution in [1.29, 1.82) is 0 Å². The highest BCUT2D eigenvalue weighted by Crippen LogP contribution is 2.32. The van der Waals surface area contributed by atoms with Crippen LogP contribution in [-0.2, 0) is 4.74 Å². The van der Waals surface area contributed by atoms with Crippen LogP contribution in [0.3, 0.4) is 0 Å². The predicted octanol–water partition coefficient (Wildman–Crippen LogP) is 3.01. The van der Waals surface area contributed by atoms with Gasteiger partial charge in [-0.05, 0) is 44.7 Å². The standard InChI is InChI=1S/C15H20N2O2/c1-15(2,3)19-14(18)17-13-9-12(13)7-6-11-5-4-8-16-10-11/h4-8,10,12-13H,9H2,1-3H3,(H,17,18)/b7-6+. The molecule has 1 aliphatic carbocycles. The first kappa shape index (κ1) is 13.6. The van der Waals surface area contributed by atoms with Crippen LogP contribution in [0.5, 0.6) is 0 Å². The van der Waals surface area contributed by atoms with Crippen LogP contribution >= 0.6 is 0 Å². The van der Waals surface area contributed by atoms with Crippen LogP contribution in [0.4, 0.5) is 4.79 Å². The molecule has 0 radical (unpaired) electrons. The monoisotopic (exact) mass is 260 g/mol. The molecule has 0 aromatic carbocycles. The number of carbonyl (C=O) groups excluding carboxylic acids is 1. The minimum Gasteiger partial charge on any atom is -0.444 e. The minimum absolute atomic E-state index is 0.197. The van der Waals surface area contributed by atoms with E-state index >= 15 is 0 Å². The first-order chi connectivity index (χ1) is 8.94. The Bertz CT molecular complexity index is 463. The van der Waals surface area contributed by atoms with Crippen molar-refractivity contribution in [3.8, 4) is 0 Å². The third-order valence-electron chi connectivity index (χ3n) is 2.76. The largest absolute Gasteiger partial charge is 0.444 e. The van der Waals surface area contributed by atoms with Gasteiger partial charge >= 0.3 is 6.09 Å². The molecular weight excluding hydrogens is 240 g/mol. The molecule has 1 aromatic rings. The summed E-state index contributed by atoms with van der Waals surface area (Å²) in [7, 11) is 0. The van der Waals surface area contributed by atoms with Gasteiger partial charge in [0.1, 0.15) is 5.60 Å². The Morgan fingerprint density at radius 2 is 2.32 bits per heavy atom. The molecule has 1 N–H and O–H groups in total. The lowest BCUT2D eigenvalue weighted by molar-refractivity contribution is 0.0522. The van der Waals surface area contributed by atoms with Gasteiger partial charge in [0.2, 0.25) is 0 Å². The van der Waals surface area contributed by atoms with Gasteiger partial charge in [0.25, 0.3) is 0 Å². The van der Waals surface area contributed by atoms with E-state index in [1.165, 1.54) is 0 Å². The summed E-state index contributed by atoms with van der Waals surface area (Å²) in [6.07, 6.45) is 8.34. The molecule has 0 saturated heterocycles. The van der Waals surface area contributed by atoms with Gasteiger partial charge in [-0.2, -0.15) is 0 Å². The Morgan fingerprint density at radius 3 is 2.95 bits per heavy atom. The summed E-state index contributed by atoms with van der Waals surface area (Å²) >= 11 is 0. The van der Waals surface area contributed by atoms with E-state index in [0.717, 1.165) is 12.0 Å². The number of alkyl carbamates (subject to hydrolysis) is 1. The molecule has 4 heteroatoms. The van der Waals surface area contributed by atoms with E-state index in [1.54, 1.807) is 6.20 Å². The summed E-state index contributed by atoms with van der Waals surface area (Å²) < 4.78 is 5.22. The zero-order valence-electron chi connectivity index (χ0n) is 11.6. The van der Waals surface area contributed by atoms with Crippen molar-refractivity contribution in [3.05, 3.63) is 36.2 Å². The summed E-state index contributed by atoms with van der Waals surface area (Å²) in [6, 6.07) is 4.10. The average Bonchev–Trinajstić information content (AvgIpc) is 3.03. The lowest BCUT2D eigenvalue weighted by Gasteiger charge is -2.19. The molecule has 0 bridgehead atoms. The maximum absolute atomic E-state index is 11.6. The van der Waals surface area contributed by atoms with Crippen molar-refractivity contribution >= 4 is 12.2 Å². The van der Waals surface area contributed by atoms with Gasteiger partial charge < -0.3 is 10.1 Å². The molecule has 1 aliphatic rings. The lowest BCUT2D eigenvalue weighted by atomic mass is 10.2. The Kier molecular flexibility index (Phi) is 3.88. The number of ether oxygens (including phenoxy) is 1. The van der Waals surface area contributed by atoms with Crippen LogP contribution < -0.4 is 5.32 Å². The molecule has 2 rings (SSSR count). The van der Waals surface area contributed by atoms with Crippen LogP contribution in [-0.4, -0.2) is 22.7 Å². The molecule has 2 atom stereocenters. The maximum atomic E-state index is 11.6. The second-order valence-electron chi connectivity index (χ2n) is 5.80. The number of carbonyl (C=O) groups is 1. The van der Waals surface area contributed by atoms with Crippen LogP contribution in [0.2, 0.25) is 0 Å². The highest BCUT2D eigenvalue weighted by atomic mass is 16.6. The number of hydrogen-bond acceptors (Lipinski definition) is 3. The number of rotatable bonds is 3. The maximum Gasteiger partial charge on any atom is 0.407 e. The average molecular weight is 260 g/mol. The molecule has 0 spiro atoms. The predicted molar refractivity (Wildman–Crippen MR) is 74.5 cm³/mol. The summed E-state index contributed by atoms with van der Waals surface area (Å²) in [6.45, 7) is 5.58. The molecule has 4 nitrogen and oxygen atoms in total. The Morgan fingerprint density at radius 1 is 1.53 bits per heavy atom. The zero-order chi connectivity index (χ0) is 13.9. The SMILES string of the molecule is CC(C)(C)OC(=O)NC1CC1/C=C/c1cccnc1. The highest BCUT2D eigenvalue weighted by molar-refractivity contribution is 5.68. The number of amides is 1. The molecule has 19 heavy (non-hydrogen) atoms. The van der Waals surface area contributed by atoms with Gasteiger partial charge in [0, 0.05) is 18.4 Å². The van der Waals surface area contributed by atoms with Gasteiger partial charge in [0.15, 0.2) is 0 Å². The molecule has 1 saturated carbocycles. The smallest absolute Gasteiger partial charge is 0.407 e. The van der Waals surface area contributed by atoms with Crippen LogP contribution in [0.15, 0.2) is 30.6 Å². The van der Waals surface area contributed by atoms with E-state index < -0.39 is 5.60 Å². The van der Waals surface area contributed by atoms with E-state index in [4.69, 9.17) is 4.74 Å². The first-order valence-electron chi connectivity index (χ1n) is 6.52. The molecule has 102 valence electrons. The summed E-state index contributed by atoms with van der Waals surface area (Å²) in [4.78, 5) is 15.6. The molecule has 1 fully saturated rings. The van der Waals surface area contributed by atoms with Crippen molar-refractivity contribution in [2.75, 3.05) is 0 Å². The molecule has 2 unspecified atom stereocenters. The van der Waals surface area contributed by atoms with Gasteiger partial charge in [-0.15, -0.1) is 0 Å². The van der Waals surface area contributed by atoms with Crippen LogP contribution in [0.25, 0.3) is 6.08 Å². The normalized spacial score (nSPS) is 22.3. The fourth-order valence-electron chi connectivity index (χ4n) is 1.76. The van der Waals surface area contributed by atoms with Gasteiger partial charge in [-0.25, -0.2) is 4.79 Å². The second-order valence-corrected chi connectivity index (χ2v) is 5.80. The summed E-state index contributed by atoms with van der Waals surface area (Å²) in [5.74, 6) is 0.396. The van der Waals surface area contributed by atoms with Gasteiger partial charge in [-0.1, -0.05) is 18.2 Å². The van der Waals surface area contributed by atoms with Gasteiger partial charge in [-0.3, -0.25) is 4.98 Å². The second kappa shape index (κ2) is 5.43. The van der Waals surface area contributed by atoms with E-state index in [9.17, 15) is 4.79 Å². The Balaban J connectivity index is 1.76. The molecule has 0 aliphatic heterocycles. The van der Waals surface area contributed by atoms with Crippen LogP contribution in [0.1, 0.15) is 32.8 Å². The van der Waals surface area contributed by atoms with Crippen molar-refractivity contribution < 1.29 is 9.53 Å². The summed E-state index contributed by atoms with van der Waals surface area (Å²) in [5.41, 5.74) is 0.630. The minimum atomic E-state index is -0.444. The Labute approximate surface area is 113 Å². The third-order valence-corrected chi connectivity index (χ3v) is 2.76. The number of pyridine rings is 1. The molecule has 1 amide bonds. The fourth-order valence-corrected chi connectivity index (χ4v) is 1.76. The highest BCUT2D eigenvalue weighted by Gasteiger charge is 2.37. The number of nitrogens with zero attached hydrogens (tertiary/aromatic N) is 1. The fraction of sp³-hybridized carbons (Fsp3) is 0.467. The van der Waals surface area contributed by atoms with E-state index in [-0.39, 0.29) is 12.1 Å². The van der Waals surface area contributed by atoms with Crippen molar-refractivity contribution in [2.45, 2.75) is 38.8 Å². The van der Waals surface area contributed by atoms with E-state index in [1.807, 2.05) is 45.2 Å². The van der Waals surface area contributed by atoms with E-state index in [0.29, 0.717) is 5.92 Å². The molecule has 1 heterocycles.